The van der Waals surface area contributed by atoms with Crippen molar-refractivity contribution in [1.29, 1.82) is 5.26 Å². The summed E-state index contributed by atoms with van der Waals surface area (Å²) < 4.78 is 5.25. The number of benzene rings is 1. The van der Waals surface area contributed by atoms with E-state index in [2.05, 4.69) is 21.0 Å². The van der Waals surface area contributed by atoms with Crippen molar-refractivity contribution < 1.29 is 4.74 Å². The van der Waals surface area contributed by atoms with Crippen LogP contribution in [0.25, 0.3) is 22.2 Å². The summed E-state index contributed by atoms with van der Waals surface area (Å²) >= 11 is 6.01. The SMILES string of the molecule is COc1c(Cl)ncnc1-c1cc2ccccc2nc1C#N. The fourth-order valence-electron chi connectivity index (χ4n) is 2.11. The highest BCUT2D eigenvalue weighted by molar-refractivity contribution is 6.31. The Morgan fingerprint density at radius 2 is 2.05 bits per heavy atom. The molecular weight excluding hydrogens is 288 g/mol. The van der Waals surface area contributed by atoms with Crippen molar-refractivity contribution in [3.63, 3.8) is 0 Å². The molecule has 0 aliphatic heterocycles. The fraction of sp³-hybridized carbons (Fsp3) is 0.0667. The molecule has 3 rings (SSSR count). The second kappa shape index (κ2) is 5.35. The first-order valence-corrected chi connectivity index (χ1v) is 6.47. The van der Waals surface area contributed by atoms with Crippen molar-refractivity contribution in [2.45, 2.75) is 0 Å². The zero-order chi connectivity index (χ0) is 14.8. The number of nitriles is 1. The van der Waals surface area contributed by atoms with Crippen LogP contribution in [0.5, 0.6) is 5.75 Å². The minimum Gasteiger partial charge on any atom is -0.491 e. The summed E-state index contributed by atoms with van der Waals surface area (Å²) in [5.41, 5.74) is 2.03. The van der Waals surface area contributed by atoms with Gasteiger partial charge in [0.25, 0.3) is 0 Å². The summed E-state index contributed by atoms with van der Waals surface area (Å²) in [6.45, 7) is 0. The predicted molar refractivity (Wildman–Crippen MR) is 79.0 cm³/mol. The Morgan fingerprint density at radius 3 is 2.81 bits per heavy atom. The Hall–Kier alpha value is -2.71. The van der Waals surface area contributed by atoms with Gasteiger partial charge in [0.2, 0.25) is 0 Å². The van der Waals surface area contributed by atoms with E-state index in [-0.39, 0.29) is 10.8 Å². The number of halogens is 1. The van der Waals surface area contributed by atoms with E-state index in [0.29, 0.717) is 17.0 Å². The van der Waals surface area contributed by atoms with Gasteiger partial charge in [0.1, 0.15) is 18.1 Å². The molecule has 1 aromatic carbocycles. The monoisotopic (exact) mass is 296 g/mol. The molecule has 6 heteroatoms. The second-order valence-corrected chi connectivity index (χ2v) is 4.59. The number of para-hydroxylation sites is 1. The van der Waals surface area contributed by atoms with Crippen LogP contribution >= 0.6 is 11.6 Å². The Labute approximate surface area is 125 Å². The number of nitrogens with zero attached hydrogens (tertiary/aromatic N) is 4. The number of hydrogen-bond acceptors (Lipinski definition) is 5. The summed E-state index contributed by atoms with van der Waals surface area (Å²) in [6.07, 6.45) is 1.33. The van der Waals surface area contributed by atoms with Gasteiger partial charge in [0.05, 0.1) is 12.6 Å². The molecule has 0 aliphatic rings. The third-order valence-corrected chi connectivity index (χ3v) is 3.32. The van der Waals surface area contributed by atoms with Gasteiger partial charge in [0, 0.05) is 10.9 Å². The number of rotatable bonds is 2. The zero-order valence-corrected chi connectivity index (χ0v) is 11.8. The maximum absolute atomic E-state index is 9.34. The minimum absolute atomic E-state index is 0.194. The van der Waals surface area contributed by atoms with Crippen LogP contribution in [0.1, 0.15) is 5.69 Å². The highest BCUT2D eigenvalue weighted by Gasteiger charge is 2.17. The van der Waals surface area contributed by atoms with Crippen LogP contribution < -0.4 is 4.74 Å². The first kappa shape index (κ1) is 13.3. The molecule has 3 aromatic rings. The van der Waals surface area contributed by atoms with E-state index >= 15 is 0 Å². The van der Waals surface area contributed by atoms with E-state index in [1.54, 1.807) is 0 Å². The molecule has 0 radical (unpaired) electrons. The van der Waals surface area contributed by atoms with Crippen molar-refractivity contribution in [3.05, 3.63) is 47.5 Å². The highest BCUT2D eigenvalue weighted by Crippen LogP contribution is 2.35. The Kier molecular flexibility index (Phi) is 3.38. The normalized spacial score (nSPS) is 10.3. The highest BCUT2D eigenvalue weighted by atomic mass is 35.5. The van der Waals surface area contributed by atoms with E-state index in [9.17, 15) is 5.26 Å². The van der Waals surface area contributed by atoms with Crippen molar-refractivity contribution in [1.82, 2.24) is 15.0 Å². The van der Waals surface area contributed by atoms with Crippen LogP contribution in [-0.4, -0.2) is 22.1 Å². The lowest BCUT2D eigenvalue weighted by Gasteiger charge is -2.10. The summed E-state index contributed by atoms with van der Waals surface area (Å²) in [5.74, 6) is 0.327. The van der Waals surface area contributed by atoms with E-state index in [1.807, 2.05) is 30.3 Å². The van der Waals surface area contributed by atoms with Crippen molar-refractivity contribution in [3.8, 4) is 23.1 Å². The lowest BCUT2D eigenvalue weighted by atomic mass is 10.1. The molecule has 5 nitrogen and oxygen atoms in total. The number of methoxy groups -OCH3 is 1. The molecule has 0 bridgehead atoms. The van der Waals surface area contributed by atoms with E-state index < -0.39 is 0 Å². The Balaban J connectivity index is 2.35. The van der Waals surface area contributed by atoms with Crippen LogP contribution in [0.15, 0.2) is 36.7 Å². The molecule has 0 saturated carbocycles. The van der Waals surface area contributed by atoms with Crippen LogP contribution in [0.2, 0.25) is 5.15 Å². The molecule has 2 aromatic heterocycles. The lowest BCUT2D eigenvalue weighted by molar-refractivity contribution is 0.413. The van der Waals surface area contributed by atoms with Gasteiger partial charge in [-0.3, -0.25) is 0 Å². The number of pyridine rings is 1. The maximum Gasteiger partial charge on any atom is 0.182 e. The molecule has 0 saturated heterocycles. The van der Waals surface area contributed by atoms with Gasteiger partial charge in [-0.2, -0.15) is 5.26 Å². The molecule has 2 heterocycles. The van der Waals surface area contributed by atoms with Crippen molar-refractivity contribution in [2.75, 3.05) is 7.11 Å². The smallest absolute Gasteiger partial charge is 0.182 e. The first-order chi connectivity index (χ1) is 10.2. The van der Waals surface area contributed by atoms with Crippen molar-refractivity contribution in [2.24, 2.45) is 0 Å². The standard InChI is InChI=1S/C15H9ClN4O/c1-21-14-13(18-8-19-15(14)16)10-6-9-4-2-3-5-11(9)20-12(10)7-17/h2-6,8H,1H3. The average Bonchev–Trinajstić information content (AvgIpc) is 2.53. The second-order valence-electron chi connectivity index (χ2n) is 4.24. The fourth-order valence-corrected chi connectivity index (χ4v) is 2.32. The number of aromatic nitrogens is 3. The molecule has 0 unspecified atom stereocenters. The molecule has 0 N–H and O–H groups in total. The molecule has 102 valence electrons. The Bertz CT molecular complexity index is 873. The van der Waals surface area contributed by atoms with Gasteiger partial charge >= 0.3 is 0 Å². The minimum atomic E-state index is 0.194. The number of hydrogen-bond donors (Lipinski definition) is 0. The quantitative estimate of drug-likeness (QED) is 0.679. The Morgan fingerprint density at radius 1 is 1.24 bits per heavy atom. The van der Waals surface area contributed by atoms with Gasteiger partial charge in [-0.15, -0.1) is 0 Å². The molecular formula is C15H9ClN4O. The number of fused-ring (bicyclic) bond motifs is 1. The van der Waals surface area contributed by atoms with Gasteiger partial charge in [-0.25, -0.2) is 15.0 Å². The molecule has 0 fully saturated rings. The van der Waals surface area contributed by atoms with Crippen LogP contribution in [0.3, 0.4) is 0 Å². The predicted octanol–water partition coefficient (Wildman–Crippen LogP) is 3.23. The molecule has 0 aliphatic carbocycles. The topological polar surface area (TPSA) is 71.7 Å². The van der Waals surface area contributed by atoms with Crippen molar-refractivity contribution >= 4 is 22.5 Å². The first-order valence-electron chi connectivity index (χ1n) is 6.09. The molecule has 0 amide bonds. The zero-order valence-electron chi connectivity index (χ0n) is 11.0. The van der Waals surface area contributed by atoms with Gasteiger partial charge in [-0.05, 0) is 12.1 Å². The summed E-state index contributed by atoms with van der Waals surface area (Å²) in [5, 5.41) is 10.4. The number of ether oxygens (including phenoxy) is 1. The van der Waals surface area contributed by atoms with E-state index in [0.717, 1.165) is 10.9 Å². The van der Waals surface area contributed by atoms with Crippen LogP contribution in [-0.2, 0) is 0 Å². The maximum atomic E-state index is 9.34. The van der Waals surface area contributed by atoms with Crippen LogP contribution in [0, 0.1) is 11.3 Å². The largest absolute Gasteiger partial charge is 0.491 e. The summed E-state index contributed by atoms with van der Waals surface area (Å²) in [6, 6.07) is 11.5. The summed E-state index contributed by atoms with van der Waals surface area (Å²) in [4.78, 5) is 12.4. The third kappa shape index (κ3) is 2.26. The molecule has 0 atom stereocenters. The summed E-state index contributed by atoms with van der Waals surface area (Å²) in [7, 11) is 1.48. The average molecular weight is 297 g/mol. The van der Waals surface area contributed by atoms with Crippen LogP contribution in [0.4, 0.5) is 0 Å². The van der Waals surface area contributed by atoms with E-state index in [1.165, 1.54) is 13.4 Å². The lowest BCUT2D eigenvalue weighted by Crippen LogP contribution is -1.98. The van der Waals surface area contributed by atoms with Gasteiger partial charge < -0.3 is 4.74 Å². The third-order valence-electron chi connectivity index (χ3n) is 3.05. The molecule has 21 heavy (non-hydrogen) atoms. The molecule has 0 spiro atoms. The van der Waals surface area contributed by atoms with E-state index in [4.69, 9.17) is 16.3 Å². The van der Waals surface area contributed by atoms with Gasteiger partial charge in [0.15, 0.2) is 16.6 Å². The van der Waals surface area contributed by atoms with Gasteiger partial charge in [-0.1, -0.05) is 29.8 Å².